The van der Waals surface area contributed by atoms with Crippen molar-refractivity contribution >= 4 is 0 Å². The number of aryl methyl sites for hydroxylation is 1. The molecule has 3 heteroatoms. The summed E-state index contributed by atoms with van der Waals surface area (Å²) < 4.78 is 10.6. The summed E-state index contributed by atoms with van der Waals surface area (Å²) >= 11 is 0. The van der Waals surface area contributed by atoms with Gasteiger partial charge in [0.2, 0.25) is 0 Å². The lowest BCUT2D eigenvalue weighted by atomic mass is 10.2. The van der Waals surface area contributed by atoms with E-state index < -0.39 is 0 Å². The molecule has 0 bridgehead atoms. The number of unbranched alkanes of at least 4 members (excludes halogenated alkanes) is 1. The van der Waals surface area contributed by atoms with Crippen LogP contribution in [-0.4, -0.2) is 19.8 Å². The van der Waals surface area contributed by atoms with E-state index in [0.29, 0.717) is 0 Å². The van der Waals surface area contributed by atoms with E-state index in [2.05, 4.69) is 12.2 Å². The van der Waals surface area contributed by atoms with Gasteiger partial charge in [-0.15, -0.1) is 0 Å². The largest absolute Gasteiger partial charge is 0.468 e. The molecular formula is C12H21NO2. The van der Waals surface area contributed by atoms with Gasteiger partial charge in [0.25, 0.3) is 0 Å². The van der Waals surface area contributed by atoms with Crippen LogP contribution in [0.1, 0.15) is 31.1 Å². The van der Waals surface area contributed by atoms with Gasteiger partial charge in [0.1, 0.15) is 5.76 Å². The number of ether oxygens (including phenoxy) is 1. The average molecular weight is 211 g/mol. The van der Waals surface area contributed by atoms with Gasteiger partial charge in [-0.05, 0) is 44.9 Å². The fraction of sp³-hybridized carbons (Fsp3) is 0.667. The van der Waals surface area contributed by atoms with Crippen molar-refractivity contribution in [2.45, 2.75) is 33.2 Å². The molecule has 0 spiro atoms. The average Bonchev–Trinajstić information content (AvgIpc) is 2.63. The molecule has 0 aromatic carbocycles. The molecule has 0 amide bonds. The molecule has 0 fully saturated rings. The molecule has 0 saturated heterocycles. The van der Waals surface area contributed by atoms with Crippen LogP contribution in [0.2, 0.25) is 0 Å². The predicted molar refractivity (Wildman–Crippen MR) is 60.9 cm³/mol. The van der Waals surface area contributed by atoms with E-state index in [1.54, 1.807) is 6.26 Å². The minimum absolute atomic E-state index is 0.818. The van der Waals surface area contributed by atoms with Crippen molar-refractivity contribution in [3.8, 4) is 0 Å². The van der Waals surface area contributed by atoms with Crippen molar-refractivity contribution in [1.29, 1.82) is 0 Å². The zero-order valence-corrected chi connectivity index (χ0v) is 9.71. The number of furan rings is 1. The van der Waals surface area contributed by atoms with E-state index in [-0.39, 0.29) is 0 Å². The molecule has 1 aromatic heterocycles. The van der Waals surface area contributed by atoms with Gasteiger partial charge in [0, 0.05) is 13.2 Å². The zero-order chi connectivity index (χ0) is 10.9. The Balaban J connectivity index is 1.96. The molecule has 0 aliphatic rings. The second-order valence-electron chi connectivity index (χ2n) is 3.61. The summed E-state index contributed by atoms with van der Waals surface area (Å²) in [7, 11) is 0. The Morgan fingerprint density at radius 1 is 1.40 bits per heavy atom. The van der Waals surface area contributed by atoms with E-state index in [4.69, 9.17) is 9.15 Å². The summed E-state index contributed by atoms with van der Waals surface area (Å²) in [6.45, 7) is 7.63. The topological polar surface area (TPSA) is 34.4 Å². The third-order valence-electron chi connectivity index (χ3n) is 2.35. The monoisotopic (exact) mass is 211 g/mol. The van der Waals surface area contributed by atoms with Gasteiger partial charge in [-0.2, -0.15) is 0 Å². The normalized spacial score (nSPS) is 10.8. The van der Waals surface area contributed by atoms with Gasteiger partial charge in [-0.25, -0.2) is 0 Å². The minimum atomic E-state index is 0.818. The molecule has 0 atom stereocenters. The first kappa shape index (κ1) is 12.3. The van der Waals surface area contributed by atoms with Crippen LogP contribution in [0.4, 0.5) is 0 Å². The molecule has 86 valence electrons. The molecule has 0 aliphatic carbocycles. The maximum Gasteiger partial charge on any atom is 0.120 e. The lowest BCUT2D eigenvalue weighted by Crippen LogP contribution is -2.15. The van der Waals surface area contributed by atoms with E-state index in [1.165, 1.54) is 5.56 Å². The van der Waals surface area contributed by atoms with Gasteiger partial charge in [-0.1, -0.05) is 0 Å². The predicted octanol–water partition coefficient (Wildman–Crippen LogP) is 2.49. The molecule has 0 aliphatic heterocycles. The second-order valence-corrected chi connectivity index (χ2v) is 3.61. The zero-order valence-electron chi connectivity index (χ0n) is 9.71. The SMILES string of the molecule is CCOCCCCNCc1occc1C. The third kappa shape index (κ3) is 5.00. The molecule has 3 nitrogen and oxygen atoms in total. The maximum atomic E-state index is 5.32. The van der Waals surface area contributed by atoms with Crippen molar-refractivity contribution in [1.82, 2.24) is 5.32 Å². The summed E-state index contributed by atoms with van der Waals surface area (Å²) in [5.74, 6) is 1.04. The van der Waals surface area contributed by atoms with Crippen LogP contribution < -0.4 is 5.32 Å². The highest BCUT2D eigenvalue weighted by Crippen LogP contribution is 2.07. The Kier molecular flexibility index (Phi) is 6.12. The van der Waals surface area contributed by atoms with Crippen molar-refractivity contribution in [2.24, 2.45) is 0 Å². The van der Waals surface area contributed by atoms with E-state index in [9.17, 15) is 0 Å². The molecule has 1 aromatic rings. The first-order chi connectivity index (χ1) is 7.34. The van der Waals surface area contributed by atoms with Crippen molar-refractivity contribution in [3.05, 3.63) is 23.7 Å². The van der Waals surface area contributed by atoms with E-state index in [1.807, 2.05) is 13.0 Å². The summed E-state index contributed by atoms with van der Waals surface area (Å²) in [5.41, 5.74) is 1.22. The molecule has 1 heterocycles. The highest BCUT2D eigenvalue weighted by Gasteiger charge is 1.99. The molecular weight excluding hydrogens is 190 g/mol. The van der Waals surface area contributed by atoms with Crippen LogP contribution >= 0.6 is 0 Å². The van der Waals surface area contributed by atoms with Crippen molar-refractivity contribution in [3.63, 3.8) is 0 Å². The van der Waals surface area contributed by atoms with Crippen molar-refractivity contribution in [2.75, 3.05) is 19.8 Å². The van der Waals surface area contributed by atoms with Crippen LogP contribution in [0.15, 0.2) is 16.7 Å². The molecule has 15 heavy (non-hydrogen) atoms. The van der Waals surface area contributed by atoms with Crippen LogP contribution in [0.25, 0.3) is 0 Å². The van der Waals surface area contributed by atoms with Crippen LogP contribution in [0, 0.1) is 6.92 Å². The van der Waals surface area contributed by atoms with Crippen LogP contribution in [-0.2, 0) is 11.3 Å². The first-order valence-electron chi connectivity index (χ1n) is 5.66. The smallest absolute Gasteiger partial charge is 0.120 e. The lowest BCUT2D eigenvalue weighted by Gasteiger charge is -2.03. The molecule has 0 radical (unpaired) electrons. The summed E-state index contributed by atoms with van der Waals surface area (Å²) in [4.78, 5) is 0. The highest BCUT2D eigenvalue weighted by atomic mass is 16.5. The summed E-state index contributed by atoms with van der Waals surface area (Å²) in [6, 6.07) is 1.99. The van der Waals surface area contributed by atoms with Gasteiger partial charge < -0.3 is 14.5 Å². The lowest BCUT2D eigenvalue weighted by molar-refractivity contribution is 0.143. The molecule has 1 N–H and O–H groups in total. The Morgan fingerprint density at radius 2 is 2.27 bits per heavy atom. The summed E-state index contributed by atoms with van der Waals surface area (Å²) in [5, 5.41) is 3.36. The number of hydrogen-bond donors (Lipinski definition) is 1. The van der Waals surface area contributed by atoms with Crippen LogP contribution in [0.5, 0.6) is 0 Å². The van der Waals surface area contributed by atoms with E-state index in [0.717, 1.165) is 44.9 Å². The molecule has 1 rings (SSSR count). The van der Waals surface area contributed by atoms with Crippen molar-refractivity contribution < 1.29 is 9.15 Å². The number of rotatable bonds is 8. The second kappa shape index (κ2) is 7.49. The van der Waals surface area contributed by atoms with E-state index >= 15 is 0 Å². The minimum Gasteiger partial charge on any atom is -0.468 e. The Hall–Kier alpha value is -0.800. The van der Waals surface area contributed by atoms with Gasteiger partial charge in [-0.3, -0.25) is 0 Å². The highest BCUT2D eigenvalue weighted by molar-refractivity contribution is 5.13. The Bertz CT molecular complexity index is 258. The quantitative estimate of drug-likeness (QED) is 0.671. The van der Waals surface area contributed by atoms with Gasteiger partial charge in [0.05, 0.1) is 12.8 Å². The van der Waals surface area contributed by atoms with Gasteiger partial charge in [0.15, 0.2) is 0 Å². The summed E-state index contributed by atoms with van der Waals surface area (Å²) in [6.07, 6.45) is 4.01. The fourth-order valence-corrected chi connectivity index (χ4v) is 1.39. The fourth-order valence-electron chi connectivity index (χ4n) is 1.39. The standard InChI is InChI=1S/C12H21NO2/c1-3-14-8-5-4-7-13-10-12-11(2)6-9-15-12/h6,9,13H,3-5,7-8,10H2,1-2H3. The Labute approximate surface area is 91.8 Å². The number of hydrogen-bond acceptors (Lipinski definition) is 3. The molecule has 0 saturated carbocycles. The third-order valence-corrected chi connectivity index (χ3v) is 2.35. The maximum absolute atomic E-state index is 5.32. The van der Waals surface area contributed by atoms with Gasteiger partial charge >= 0.3 is 0 Å². The number of nitrogens with one attached hydrogen (secondary N) is 1. The van der Waals surface area contributed by atoms with Crippen LogP contribution in [0.3, 0.4) is 0 Å². The Morgan fingerprint density at radius 3 is 2.93 bits per heavy atom. The molecule has 0 unspecified atom stereocenters. The first-order valence-corrected chi connectivity index (χ1v) is 5.66.